The van der Waals surface area contributed by atoms with Crippen LogP contribution in [0.1, 0.15) is 38.3 Å². The molecule has 0 unspecified atom stereocenters. The summed E-state index contributed by atoms with van der Waals surface area (Å²) in [6, 6.07) is 3.34. The number of nitrogens with zero attached hydrogens (tertiary/aromatic N) is 1. The zero-order chi connectivity index (χ0) is 17.6. The quantitative estimate of drug-likeness (QED) is 0.474. The van der Waals surface area contributed by atoms with Gasteiger partial charge in [-0.3, -0.25) is 10.1 Å². The van der Waals surface area contributed by atoms with Gasteiger partial charge < -0.3 is 15.4 Å². The van der Waals surface area contributed by atoms with Crippen LogP contribution in [0.4, 0.5) is 16.2 Å². The van der Waals surface area contributed by atoms with Crippen molar-refractivity contribution in [2.75, 3.05) is 18.4 Å². The lowest BCUT2D eigenvalue weighted by Crippen LogP contribution is -2.33. The van der Waals surface area contributed by atoms with Crippen LogP contribution in [0.25, 0.3) is 0 Å². The Balaban J connectivity index is 2.41. The summed E-state index contributed by atoms with van der Waals surface area (Å²) in [5.41, 5.74) is 1.93. The maximum Gasteiger partial charge on any atom is 0.407 e. The normalized spacial score (nSPS) is 11.0. The number of nitro benzene ring substituents is 1. The van der Waals surface area contributed by atoms with E-state index in [1.165, 1.54) is 0 Å². The van der Waals surface area contributed by atoms with Gasteiger partial charge in [0.25, 0.3) is 5.69 Å². The Morgan fingerprint density at radius 3 is 2.43 bits per heavy atom. The average molecular weight is 323 g/mol. The number of rotatable bonds is 6. The monoisotopic (exact) mass is 323 g/mol. The van der Waals surface area contributed by atoms with Crippen LogP contribution in [0.3, 0.4) is 0 Å². The lowest BCUT2D eigenvalue weighted by Gasteiger charge is -2.19. The maximum absolute atomic E-state index is 11.5. The predicted octanol–water partition coefficient (Wildman–Crippen LogP) is 3.54. The third-order valence-corrected chi connectivity index (χ3v) is 3.08. The van der Waals surface area contributed by atoms with Gasteiger partial charge in [-0.1, -0.05) is 0 Å². The summed E-state index contributed by atoms with van der Waals surface area (Å²) in [6.45, 7) is 10.1. The number of alkyl carbamates (subject to hydrolysis) is 1. The van der Waals surface area contributed by atoms with Crippen molar-refractivity contribution in [3.63, 3.8) is 0 Å². The molecule has 0 saturated heterocycles. The molecule has 0 fully saturated rings. The number of ether oxygens (including phenoxy) is 1. The zero-order valence-corrected chi connectivity index (χ0v) is 14.4. The summed E-state index contributed by atoms with van der Waals surface area (Å²) < 4.78 is 5.14. The minimum atomic E-state index is -0.504. The van der Waals surface area contributed by atoms with E-state index in [4.69, 9.17) is 4.74 Å². The zero-order valence-electron chi connectivity index (χ0n) is 14.4. The SMILES string of the molecule is Cc1cc([N+](=O)[O-])c(C)cc1NCCCNC(=O)OC(C)(C)C. The maximum atomic E-state index is 11.5. The second-order valence-corrected chi connectivity index (χ2v) is 6.42. The molecule has 2 N–H and O–H groups in total. The number of aryl methyl sites for hydroxylation is 2. The fourth-order valence-electron chi connectivity index (χ4n) is 2.00. The average Bonchev–Trinajstić information content (AvgIpc) is 2.39. The first-order valence-corrected chi connectivity index (χ1v) is 7.56. The molecular weight excluding hydrogens is 298 g/mol. The minimum Gasteiger partial charge on any atom is -0.444 e. The summed E-state index contributed by atoms with van der Waals surface area (Å²) in [5, 5.41) is 16.8. The molecule has 7 nitrogen and oxygen atoms in total. The van der Waals surface area contributed by atoms with E-state index < -0.39 is 11.7 Å². The van der Waals surface area contributed by atoms with Crippen LogP contribution in [0, 0.1) is 24.0 Å². The Bertz CT molecular complexity index is 579. The Labute approximate surface area is 136 Å². The Hall–Kier alpha value is -2.31. The fraction of sp³-hybridized carbons (Fsp3) is 0.562. The van der Waals surface area contributed by atoms with E-state index in [9.17, 15) is 14.9 Å². The van der Waals surface area contributed by atoms with Gasteiger partial charge in [0.1, 0.15) is 5.60 Å². The van der Waals surface area contributed by atoms with Gasteiger partial charge in [0, 0.05) is 30.4 Å². The van der Waals surface area contributed by atoms with Crippen molar-refractivity contribution in [2.24, 2.45) is 0 Å². The molecule has 0 aliphatic rings. The Kier molecular flexibility index (Phi) is 6.36. The van der Waals surface area contributed by atoms with Gasteiger partial charge in [-0.25, -0.2) is 4.79 Å². The number of hydrogen-bond donors (Lipinski definition) is 2. The van der Waals surface area contributed by atoms with Crippen LogP contribution in [0.15, 0.2) is 12.1 Å². The number of hydrogen-bond acceptors (Lipinski definition) is 5. The summed E-state index contributed by atoms with van der Waals surface area (Å²) in [4.78, 5) is 22.0. The van der Waals surface area contributed by atoms with Crippen molar-refractivity contribution in [1.29, 1.82) is 0 Å². The molecule has 0 radical (unpaired) electrons. The number of nitrogens with one attached hydrogen (secondary N) is 2. The summed E-state index contributed by atoms with van der Waals surface area (Å²) in [6.07, 6.45) is 0.286. The smallest absolute Gasteiger partial charge is 0.407 e. The van der Waals surface area contributed by atoms with Crippen LogP contribution in [0.5, 0.6) is 0 Å². The van der Waals surface area contributed by atoms with Gasteiger partial charge in [-0.15, -0.1) is 0 Å². The van der Waals surface area contributed by atoms with E-state index >= 15 is 0 Å². The van der Waals surface area contributed by atoms with Crippen molar-refractivity contribution in [2.45, 2.75) is 46.6 Å². The van der Waals surface area contributed by atoms with Crippen LogP contribution < -0.4 is 10.6 Å². The summed E-state index contributed by atoms with van der Waals surface area (Å²) in [7, 11) is 0. The first-order chi connectivity index (χ1) is 10.6. The van der Waals surface area contributed by atoms with Crippen molar-refractivity contribution < 1.29 is 14.5 Å². The molecular formula is C16H25N3O4. The topological polar surface area (TPSA) is 93.5 Å². The molecule has 1 rings (SSSR count). The van der Waals surface area contributed by atoms with E-state index in [0.29, 0.717) is 25.1 Å². The van der Waals surface area contributed by atoms with E-state index in [2.05, 4.69) is 10.6 Å². The van der Waals surface area contributed by atoms with Gasteiger partial charge in [-0.2, -0.15) is 0 Å². The molecule has 1 amide bonds. The predicted molar refractivity (Wildman–Crippen MR) is 89.9 cm³/mol. The van der Waals surface area contributed by atoms with Gasteiger partial charge in [0.05, 0.1) is 4.92 Å². The highest BCUT2D eigenvalue weighted by Gasteiger charge is 2.15. The molecule has 128 valence electrons. The third kappa shape index (κ3) is 6.54. The van der Waals surface area contributed by atoms with Crippen LogP contribution in [-0.4, -0.2) is 29.7 Å². The molecule has 0 aliphatic heterocycles. The molecule has 1 aromatic rings. The number of nitro groups is 1. The van der Waals surface area contributed by atoms with Crippen LogP contribution in [-0.2, 0) is 4.74 Å². The molecule has 0 aliphatic carbocycles. The van der Waals surface area contributed by atoms with E-state index in [-0.39, 0.29) is 10.6 Å². The van der Waals surface area contributed by atoms with Crippen molar-refractivity contribution in [3.8, 4) is 0 Å². The second kappa shape index (κ2) is 7.80. The molecule has 0 saturated carbocycles. The molecule has 0 atom stereocenters. The highest BCUT2D eigenvalue weighted by atomic mass is 16.6. The highest BCUT2D eigenvalue weighted by molar-refractivity contribution is 5.67. The Morgan fingerprint density at radius 1 is 1.22 bits per heavy atom. The van der Waals surface area contributed by atoms with Crippen molar-refractivity contribution in [3.05, 3.63) is 33.4 Å². The molecule has 0 bridgehead atoms. The summed E-state index contributed by atoms with van der Waals surface area (Å²) in [5.74, 6) is 0. The molecule has 0 aromatic heterocycles. The lowest BCUT2D eigenvalue weighted by molar-refractivity contribution is -0.385. The molecule has 7 heteroatoms. The number of carbonyl (C=O) groups excluding carboxylic acids is 1. The van der Waals surface area contributed by atoms with Gasteiger partial charge >= 0.3 is 6.09 Å². The third-order valence-electron chi connectivity index (χ3n) is 3.08. The molecule has 0 spiro atoms. The Morgan fingerprint density at radius 2 is 1.87 bits per heavy atom. The lowest BCUT2D eigenvalue weighted by atomic mass is 10.1. The number of anilines is 1. The molecule has 23 heavy (non-hydrogen) atoms. The number of amides is 1. The van der Waals surface area contributed by atoms with Gasteiger partial charge in [-0.05, 0) is 52.7 Å². The van der Waals surface area contributed by atoms with E-state index in [1.807, 2.05) is 27.7 Å². The minimum absolute atomic E-state index is 0.125. The fourth-order valence-corrected chi connectivity index (χ4v) is 2.00. The standard InChI is InChI=1S/C16H25N3O4/c1-11-10-14(19(21)22)12(2)9-13(11)17-7-6-8-18-15(20)23-16(3,4)5/h9-10,17H,6-8H2,1-5H3,(H,18,20). The second-order valence-electron chi connectivity index (χ2n) is 6.42. The van der Waals surface area contributed by atoms with E-state index in [1.54, 1.807) is 19.1 Å². The first-order valence-electron chi connectivity index (χ1n) is 7.56. The number of carbonyl (C=O) groups is 1. The van der Waals surface area contributed by atoms with Crippen molar-refractivity contribution >= 4 is 17.5 Å². The van der Waals surface area contributed by atoms with Crippen molar-refractivity contribution in [1.82, 2.24) is 5.32 Å². The first kappa shape index (κ1) is 18.7. The van der Waals surface area contributed by atoms with Gasteiger partial charge in [0.2, 0.25) is 0 Å². The van der Waals surface area contributed by atoms with Crippen LogP contribution in [0.2, 0.25) is 0 Å². The highest BCUT2D eigenvalue weighted by Crippen LogP contribution is 2.25. The molecule has 1 aromatic carbocycles. The van der Waals surface area contributed by atoms with Gasteiger partial charge in [0.15, 0.2) is 0 Å². The largest absolute Gasteiger partial charge is 0.444 e. The number of benzene rings is 1. The molecule has 0 heterocycles. The van der Waals surface area contributed by atoms with Crippen LogP contribution >= 0.6 is 0 Å². The van der Waals surface area contributed by atoms with E-state index in [0.717, 1.165) is 11.3 Å². The summed E-state index contributed by atoms with van der Waals surface area (Å²) >= 11 is 0.